The van der Waals surface area contributed by atoms with Gasteiger partial charge in [-0.3, -0.25) is 14.4 Å². The van der Waals surface area contributed by atoms with Crippen LogP contribution in [-0.4, -0.2) is 49.9 Å². The molecular weight excluding hydrogens is 494 g/mol. The number of unbranched alkanes of at least 4 members (excludes halogenated alkanes) is 2. The van der Waals surface area contributed by atoms with E-state index in [1.807, 2.05) is 27.7 Å². The molecule has 2 atom stereocenters. The number of benzene rings is 1. The monoisotopic (exact) mass is 537 g/mol. The van der Waals surface area contributed by atoms with Crippen molar-refractivity contribution in [2.45, 2.75) is 91.0 Å². The molecule has 0 radical (unpaired) electrons. The van der Waals surface area contributed by atoms with Gasteiger partial charge in [-0.05, 0) is 36.5 Å². The van der Waals surface area contributed by atoms with Crippen LogP contribution in [0.2, 0.25) is 0 Å². The van der Waals surface area contributed by atoms with Crippen LogP contribution in [0.4, 0.5) is 4.79 Å². The third-order valence-corrected chi connectivity index (χ3v) is 5.99. The highest BCUT2D eigenvalue weighted by atomic mass is 16.7. The lowest BCUT2D eigenvalue weighted by molar-refractivity contribution is -0.147. The number of carbonyl (C=O) groups is 4. The molecule has 0 bridgehead atoms. The lowest BCUT2D eigenvalue weighted by Gasteiger charge is -2.26. The van der Waals surface area contributed by atoms with Gasteiger partial charge in [0.1, 0.15) is 5.54 Å². The number of carbonyl (C=O) groups excluding carboxylic acids is 4. The molecule has 0 aliphatic heterocycles. The first-order valence-electron chi connectivity index (χ1n) is 13.3. The maximum atomic E-state index is 12.6. The van der Waals surface area contributed by atoms with Gasteiger partial charge in [0.15, 0.2) is 11.5 Å². The van der Waals surface area contributed by atoms with E-state index in [0.717, 1.165) is 19.3 Å². The predicted octanol–water partition coefficient (Wildman–Crippen LogP) is 4.88. The quantitative estimate of drug-likeness (QED) is 0.216. The molecule has 0 aliphatic carbocycles. The molecule has 214 valence electrons. The third-order valence-electron chi connectivity index (χ3n) is 5.99. The van der Waals surface area contributed by atoms with E-state index < -0.39 is 29.6 Å². The molecule has 1 rings (SSSR count). The maximum Gasteiger partial charge on any atom is 0.508 e. The molecule has 1 aromatic carbocycles. The summed E-state index contributed by atoms with van der Waals surface area (Å²) in [5.41, 5.74) is 5.39. The Bertz CT molecular complexity index is 918. The summed E-state index contributed by atoms with van der Waals surface area (Å²) >= 11 is 0. The van der Waals surface area contributed by atoms with Crippen molar-refractivity contribution >= 4 is 24.1 Å². The van der Waals surface area contributed by atoms with Crippen LogP contribution in [0.25, 0.3) is 0 Å². The number of hydrogen-bond acceptors (Lipinski definition) is 10. The van der Waals surface area contributed by atoms with Crippen molar-refractivity contribution in [3.8, 4) is 11.5 Å². The number of nitrogens with two attached hydrogens (primary N) is 1. The topological polar surface area (TPSA) is 140 Å². The lowest BCUT2D eigenvalue weighted by Crippen LogP contribution is -2.51. The molecule has 0 aromatic heterocycles. The van der Waals surface area contributed by atoms with E-state index in [4.69, 9.17) is 29.4 Å². The molecular formula is C28H43NO9. The van der Waals surface area contributed by atoms with Crippen LogP contribution in [0.1, 0.15) is 84.6 Å². The second-order valence-electron chi connectivity index (χ2n) is 9.43. The van der Waals surface area contributed by atoms with Crippen LogP contribution < -0.4 is 15.2 Å². The fourth-order valence-corrected chi connectivity index (χ4v) is 3.33. The van der Waals surface area contributed by atoms with E-state index in [2.05, 4.69) is 0 Å². The highest BCUT2D eigenvalue weighted by Gasteiger charge is 2.36. The van der Waals surface area contributed by atoms with Gasteiger partial charge in [-0.2, -0.15) is 0 Å². The molecule has 0 saturated heterocycles. The Balaban J connectivity index is 3.05. The van der Waals surface area contributed by atoms with E-state index in [0.29, 0.717) is 18.4 Å². The summed E-state index contributed by atoms with van der Waals surface area (Å²) in [5.74, 6) is -1.24. The second-order valence-corrected chi connectivity index (χ2v) is 9.43. The van der Waals surface area contributed by atoms with Gasteiger partial charge in [-0.15, -0.1) is 0 Å². The molecule has 10 nitrogen and oxygen atoms in total. The molecule has 0 fully saturated rings. The van der Waals surface area contributed by atoms with Crippen LogP contribution in [0.15, 0.2) is 18.2 Å². The fourth-order valence-electron chi connectivity index (χ4n) is 3.33. The average molecular weight is 538 g/mol. The van der Waals surface area contributed by atoms with Gasteiger partial charge in [0.25, 0.3) is 0 Å². The van der Waals surface area contributed by atoms with Gasteiger partial charge in [-0.25, -0.2) is 4.79 Å². The summed E-state index contributed by atoms with van der Waals surface area (Å²) in [4.78, 5) is 49.0. The Morgan fingerprint density at radius 2 is 1.53 bits per heavy atom. The number of methoxy groups -OCH3 is 1. The number of ether oxygens (including phenoxy) is 5. The van der Waals surface area contributed by atoms with Crippen molar-refractivity contribution in [2.24, 2.45) is 11.7 Å². The van der Waals surface area contributed by atoms with E-state index in [1.165, 1.54) is 19.2 Å². The van der Waals surface area contributed by atoms with Gasteiger partial charge in [0.2, 0.25) is 0 Å². The average Bonchev–Trinajstić information content (AvgIpc) is 2.90. The molecule has 38 heavy (non-hydrogen) atoms. The summed E-state index contributed by atoms with van der Waals surface area (Å²) in [6.45, 7) is 7.91. The lowest BCUT2D eigenvalue weighted by atomic mass is 9.88. The Hall–Kier alpha value is -3.14. The Kier molecular flexibility index (Phi) is 15.0. The zero-order valence-corrected chi connectivity index (χ0v) is 23.3. The smallest absolute Gasteiger partial charge is 0.468 e. The molecule has 0 heterocycles. The Labute approximate surface area is 225 Å². The molecule has 0 amide bonds. The van der Waals surface area contributed by atoms with Crippen LogP contribution >= 0.6 is 0 Å². The predicted molar refractivity (Wildman–Crippen MR) is 141 cm³/mol. The van der Waals surface area contributed by atoms with Crippen molar-refractivity contribution in [3.05, 3.63) is 23.8 Å². The minimum atomic E-state index is -1.55. The van der Waals surface area contributed by atoms with E-state index >= 15 is 0 Å². The second kappa shape index (κ2) is 17.4. The van der Waals surface area contributed by atoms with Gasteiger partial charge in [0, 0.05) is 25.7 Å². The van der Waals surface area contributed by atoms with Gasteiger partial charge < -0.3 is 29.4 Å². The minimum Gasteiger partial charge on any atom is -0.468 e. The van der Waals surface area contributed by atoms with Gasteiger partial charge in [0.05, 0.1) is 20.3 Å². The highest BCUT2D eigenvalue weighted by Crippen LogP contribution is 2.31. The summed E-state index contributed by atoms with van der Waals surface area (Å²) in [5, 5.41) is 0. The first kappa shape index (κ1) is 32.9. The molecule has 1 unspecified atom stereocenters. The fraction of sp³-hybridized carbons (Fsp3) is 0.643. The van der Waals surface area contributed by atoms with Crippen LogP contribution in [0, 0.1) is 5.92 Å². The number of rotatable bonds is 17. The summed E-state index contributed by atoms with van der Waals surface area (Å²) < 4.78 is 26.0. The zero-order valence-electron chi connectivity index (χ0n) is 23.3. The van der Waals surface area contributed by atoms with Crippen LogP contribution in [-0.2, 0) is 35.0 Å². The molecule has 0 spiro atoms. The van der Waals surface area contributed by atoms with E-state index in [-0.39, 0.29) is 56.3 Å². The van der Waals surface area contributed by atoms with Crippen molar-refractivity contribution in [1.29, 1.82) is 0 Å². The zero-order chi connectivity index (χ0) is 28.6. The number of esters is 3. The third kappa shape index (κ3) is 11.9. The minimum absolute atomic E-state index is 0.0193. The van der Waals surface area contributed by atoms with Crippen molar-refractivity contribution in [1.82, 2.24) is 0 Å². The summed E-state index contributed by atoms with van der Waals surface area (Å²) in [6.07, 6.45) is 3.36. The number of hydrogen-bond donors (Lipinski definition) is 1. The molecule has 0 aliphatic rings. The Morgan fingerprint density at radius 1 is 0.921 bits per heavy atom. The van der Waals surface area contributed by atoms with Crippen molar-refractivity contribution in [3.63, 3.8) is 0 Å². The molecule has 2 N–H and O–H groups in total. The van der Waals surface area contributed by atoms with Crippen LogP contribution in [0.3, 0.4) is 0 Å². The Morgan fingerprint density at radius 3 is 2.08 bits per heavy atom. The van der Waals surface area contributed by atoms with Crippen molar-refractivity contribution < 1.29 is 42.9 Å². The first-order valence-corrected chi connectivity index (χ1v) is 13.3. The van der Waals surface area contributed by atoms with Gasteiger partial charge in [-0.1, -0.05) is 53.0 Å². The van der Waals surface area contributed by atoms with Crippen LogP contribution in [0.5, 0.6) is 11.5 Å². The molecule has 0 saturated carbocycles. The standard InChI is InChI=1S/C28H43NO9/c1-6-9-11-24(30)37-22-14-13-21(17-23(22)38-25(31)12-10-7-2)18-28(29,26(32)34-5)15-16-35-27(33)36-19-20(4)8-3/h13-14,17,20H,6-12,15-16,18-19,29H2,1-5H3/t20-,28?/m0/s1. The molecule has 1 aromatic rings. The highest BCUT2D eigenvalue weighted by molar-refractivity contribution is 5.81. The summed E-state index contributed by atoms with van der Waals surface area (Å²) in [6, 6.07) is 4.64. The van der Waals surface area contributed by atoms with E-state index in [1.54, 1.807) is 6.07 Å². The first-order chi connectivity index (χ1) is 18.1. The summed E-state index contributed by atoms with van der Waals surface area (Å²) in [7, 11) is 1.21. The maximum absolute atomic E-state index is 12.6. The largest absolute Gasteiger partial charge is 0.508 e. The van der Waals surface area contributed by atoms with Crippen molar-refractivity contribution in [2.75, 3.05) is 20.3 Å². The van der Waals surface area contributed by atoms with E-state index in [9.17, 15) is 19.2 Å². The molecule has 10 heteroatoms. The van der Waals surface area contributed by atoms with Gasteiger partial charge >= 0.3 is 24.1 Å². The normalized spacial score (nSPS) is 13.1. The SMILES string of the molecule is CCCCC(=O)Oc1ccc(CC(N)(CCOC(=O)OC[C@@H](C)CC)C(=O)OC)cc1OC(=O)CCCC.